The summed E-state index contributed by atoms with van der Waals surface area (Å²) >= 11 is 0. The minimum absolute atomic E-state index is 0.310. The number of hydrogen-bond donors (Lipinski definition) is 1. The third kappa shape index (κ3) is 2.59. The lowest BCUT2D eigenvalue weighted by Crippen LogP contribution is -2.09. The molecule has 0 radical (unpaired) electrons. The molecule has 1 aromatic carbocycles. The first kappa shape index (κ1) is 9.25. The molecule has 0 aromatic heterocycles. The Morgan fingerprint density at radius 1 is 1.23 bits per heavy atom. The van der Waals surface area contributed by atoms with E-state index in [0.29, 0.717) is 11.3 Å². The summed E-state index contributed by atoms with van der Waals surface area (Å²) in [6, 6.07) is 6.13. The highest BCUT2D eigenvalue weighted by molar-refractivity contribution is 5.96. The first-order valence-corrected chi connectivity index (χ1v) is 3.68. The number of anilines is 1. The third-order valence-electron chi connectivity index (χ3n) is 1.38. The van der Waals surface area contributed by atoms with Crippen LogP contribution < -0.4 is 5.73 Å². The van der Waals surface area contributed by atoms with Crippen LogP contribution in [0.3, 0.4) is 0 Å². The van der Waals surface area contributed by atoms with Crippen molar-refractivity contribution in [2.75, 3.05) is 5.73 Å². The highest BCUT2D eigenvalue weighted by Crippen LogP contribution is 2.06. The summed E-state index contributed by atoms with van der Waals surface area (Å²) < 4.78 is 4.36. The van der Waals surface area contributed by atoms with Crippen molar-refractivity contribution in [1.29, 1.82) is 0 Å². The van der Waals surface area contributed by atoms with Crippen molar-refractivity contribution < 1.29 is 14.3 Å². The Morgan fingerprint density at radius 3 is 2.23 bits per heavy atom. The van der Waals surface area contributed by atoms with Crippen molar-refractivity contribution in [3.05, 3.63) is 29.8 Å². The highest BCUT2D eigenvalue weighted by Gasteiger charge is 2.08. The van der Waals surface area contributed by atoms with E-state index in [9.17, 15) is 9.59 Å². The molecule has 0 aliphatic rings. The second-order valence-electron chi connectivity index (χ2n) is 2.50. The Kier molecular flexibility index (Phi) is 2.64. The van der Waals surface area contributed by atoms with Crippen LogP contribution in [0.4, 0.5) is 5.69 Å². The van der Waals surface area contributed by atoms with Gasteiger partial charge in [0.25, 0.3) is 0 Å². The van der Waals surface area contributed by atoms with Crippen molar-refractivity contribution in [2.45, 2.75) is 6.92 Å². The molecule has 0 saturated carbocycles. The van der Waals surface area contributed by atoms with Crippen molar-refractivity contribution >= 4 is 17.6 Å². The van der Waals surface area contributed by atoms with Crippen molar-refractivity contribution in [3.63, 3.8) is 0 Å². The molecule has 0 fully saturated rings. The van der Waals surface area contributed by atoms with Gasteiger partial charge in [-0.3, -0.25) is 4.79 Å². The number of esters is 2. The lowest BCUT2D eigenvalue weighted by Gasteiger charge is -1.99. The van der Waals surface area contributed by atoms with Gasteiger partial charge in [0.05, 0.1) is 5.56 Å². The molecule has 2 N–H and O–H groups in total. The topological polar surface area (TPSA) is 69.4 Å². The molecule has 0 amide bonds. The first-order chi connectivity index (χ1) is 6.09. The SMILES string of the molecule is CC(=O)OC(=O)c1ccc(N)cc1. The fraction of sp³-hybridized carbons (Fsp3) is 0.111. The molecule has 0 unspecified atom stereocenters. The molecule has 68 valence electrons. The van der Waals surface area contributed by atoms with Gasteiger partial charge in [0.15, 0.2) is 0 Å². The molecule has 1 aromatic rings. The van der Waals surface area contributed by atoms with Crippen LogP contribution in [-0.4, -0.2) is 11.9 Å². The predicted molar refractivity (Wildman–Crippen MR) is 47.0 cm³/mol. The highest BCUT2D eigenvalue weighted by atomic mass is 16.6. The quantitative estimate of drug-likeness (QED) is 0.396. The zero-order valence-electron chi connectivity index (χ0n) is 7.11. The molecule has 1 rings (SSSR count). The Bertz CT molecular complexity index is 329. The van der Waals surface area contributed by atoms with Gasteiger partial charge in [0.2, 0.25) is 0 Å². The van der Waals surface area contributed by atoms with Gasteiger partial charge in [-0.05, 0) is 24.3 Å². The number of benzene rings is 1. The summed E-state index contributed by atoms with van der Waals surface area (Å²) in [6.07, 6.45) is 0. The van der Waals surface area contributed by atoms with Crippen molar-refractivity contribution in [3.8, 4) is 0 Å². The molecule has 0 atom stereocenters. The summed E-state index contributed by atoms with van der Waals surface area (Å²) in [7, 11) is 0. The van der Waals surface area contributed by atoms with E-state index in [2.05, 4.69) is 4.74 Å². The Balaban J connectivity index is 2.78. The standard InChI is InChI=1S/C9H9NO3/c1-6(11)13-9(12)7-2-4-8(10)5-3-7/h2-5H,10H2,1H3. The molecule has 4 nitrogen and oxygen atoms in total. The number of ether oxygens (including phenoxy) is 1. The van der Waals surface area contributed by atoms with Crippen LogP contribution in [0.15, 0.2) is 24.3 Å². The minimum Gasteiger partial charge on any atom is -0.399 e. The molecular weight excluding hydrogens is 170 g/mol. The summed E-state index contributed by atoms with van der Waals surface area (Å²) in [5, 5.41) is 0. The number of nitrogens with two attached hydrogens (primary N) is 1. The molecule has 13 heavy (non-hydrogen) atoms. The smallest absolute Gasteiger partial charge is 0.345 e. The van der Waals surface area contributed by atoms with E-state index >= 15 is 0 Å². The maximum absolute atomic E-state index is 11.1. The molecule has 4 heteroatoms. The number of rotatable bonds is 1. The number of carbonyl (C=O) groups excluding carboxylic acids is 2. The summed E-state index contributed by atoms with van der Waals surface area (Å²) in [4.78, 5) is 21.5. The van der Waals surface area contributed by atoms with E-state index in [4.69, 9.17) is 5.73 Å². The first-order valence-electron chi connectivity index (χ1n) is 3.68. The normalized spacial score (nSPS) is 9.31. The number of carbonyl (C=O) groups is 2. The predicted octanol–water partition coefficient (Wildman–Crippen LogP) is 0.972. The van der Waals surface area contributed by atoms with E-state index in [-0.39, 0.29) is 0 Å². The van der Waals surface area contributed by atoms with E-state index in [0.717, 1.165) is 0 Å². The Morgan fingerprint density at radius 2 is 1.77 bits per heavy atom. The Labute approximate surface area is 75.3 Å². The second-order valence-corrected chi connectivity index (χ2v) is 2.50. The molecule has 0 bridgehead atoms. The third-order valence-corrected chi connectivity index (χ3v) is 1.38. The monoisotopic (exact) mass is 179 g/mol. The van der Waals surface area contributed by atoms with Gasteiger partial charge in [0.1, 0.15) is 0 Å². The molecule has 0 aliphatic carbocycles. The van der Waals surface area contributed by atoms with Crippen LogP contribution in [0.1, 0.15) is 17.3 Å². The lowest BCUT2D eigenvalue weighted by atomic mass is 10.2. The van der Waals surface area contributed by atoms with Crippen molar-refractivity contribution in [2.24, 2.45) is 0 Å². The van der Waals surface area contributed by atoms with E-state index in [1.165, 1.54) is 19.1 Å². The van der Waals surface area contributed by atoms with Crippen LogP contribution in [0.25, 0.3) is 0 Å². The maximum Gasteiger partial charge on any atom is 0.345 e. The summed E-state index contributed by atoms with van der Waals surface area (Å²) in [6.45, 7) is 1.18. The number of nitrogen functional groups attached to an aromatic ring is 1. The van der Waals surface area contributed by atoms with Gasteiger partial charge in [0, 0.05) is 12.6 Å². The average Bonchev–Trinajstić information content (AvgIpc) is 2.04. The average molecular weight is 179 g/mol. The van der Waals surface area contributed by atoms with E-state index in [1.54, 1.807) is 12.1 Å². The van der Waals surface area contributed by atoms with Crippen LogP contribution in [0.2, 0.25) is 0 Å². The minimum atomic E-state index is -0.660. The molecule has 0 aliphatic heterocycles. The van der Waals surface area contributed by atoms with Crippen molar-refractivity contribution in [1.82, 2.24) is 0 Å². The second kappa shape index (κ2) is 3.71. The fourth-order valence-corrected chi connectivity index (χ4v) is 0.809. The summed E-state index contributed by atoms with van der Waals surface area (Å²) in [5.74, 6) is -1.28. The zero-order chi connectivity index (χ0) is 9.84. The van der Waals surface area contributed by atoms with Gasteiger partial charge < -0.3 is 10.5 Å². The fourth-order valence-electron chi connectivity index (χ4n) is 0.809. The molecule has 0 spiro atoms. The largest absolute Gasteiger partial charge is 0.399 e. The molecule has 0 saturated heterocycles. The number of hydrogen-bond acceptors (Lipinski definition) is 4. The Hall–Kier alpha value is -1.84. The molecular formula is C9H9NO3. The lowest BCUT2D eigenvalue weighted by molar-refractivity contribution is -0.135. The van der Waals surface area contributed by atoms with Crippen LogP contribution >= 0.6 is 0 Å². The van der Waals surface area contributed by atoms with Crippen LogP contribution in [0, 0.1) is 0 Å². The zero-order valence-corrected chi connectivity index (χ0v) is 7.11. The van der Waals surface area contributed by atoms with Crippen LogP contribution in [0.5, 0.6) is 0 Å². The maximum atomic E-state index is 11.1. The van der Waals surface area contributed by atoms with Gasteiger partial charge in [-0.1, -0.05) is 0 Å². The summed E-state index contributed by atoms with van der Waals surface area (Å²) in [5.41, 5.74) is 6.27. The van der Waals surface area contributed by atoms with Crippen LogP contribution in [-0.2, 0) is 9.53 Å². The van der Waals surface area contributed by atoms with E-state index in [1.807, 2.05) is 0 Å². The van der Waals surface area contributed by atoms with Gasteiger partial charge in [-0.2, -0.15) is 0 Å². The van der Waals surface area contributed by atoms with E-state index < -0.39 is 11.9 Å². The molecule has 0 heterocycles. The van der Waals surface area contributed by atoms with Gasteiger partial charge in [-0.25, -0.2) is 4.79 Å². The van der Waals surface area contributed by atoms with Gasteiger partial charge >= 0.3 is 11.9 Å². The van der Waals surface area contributed by atoms with Gasteiger partial charge in [-0.15, -0.1) is 0 Å².